The molecule has 9 heteroatoms. The Morgan fingerprint density at radius 2 is 1.96 bits per heavy atom. The molecule has 0 aliphatic heterocycles. The first-order chi connectivity index (χ1) is 11.9. The van der Waals surface area contributed by atoms with Gasteiger partial charge in [-0.05, 0) is 29.1 Å². The van der Waals surface area contributed by atoms with Crippen molar-refractivity contribution in [1.82, 2.24) is 15.5 Å². The highest BCUT2D eigenvalue weighted by atomic mass is 32.1. The molecule has 0 saturated heterocycles. The third kappa shape index (κ3) is 4.44. The van der Waals surface area contributed by atoms with E-state index in [1.54, 1.807) is 0 Å². The fraction of sp³-hybridized carbons (Fsp3) is 0.188. The highest BCUT2D eigenvalue weighted by Gasteiger charge is 2.29. The van der Waals surface area contributed by atoms with Gasteiger partial charge in [0.15, 0.2) is 0 Å². The van der Waals surface area contributed by atoms with Gasteiger partial charge >= 0.3 is 6.18 Å². The van der Waals surface area contributed by atoms with Crippen LogP contribution in [0.1, 0.15) is 17.0 Å². The summed E-state index contributed by atoms with van der Waals surface area (Å²) in [6, 6.07) is 8.30. The highest BCUT2D eigenvalue weighted by Crippen LogP contribution is 2.29. The van der Waals surface area contributed by atoms with Crippen LogP contribution >= 0.6 is 11.3 Å². The summed E-state index contributed by atoms with van der Waals surface area (Å²) in [6.07, 6.45) is -4.47. The van der Waals surface area contributed by atoms with Crippen LogP contribution in [0.2, 0.25) is 0 Å². The van der Waals surface area contributed by atoms with Crippen LogP contribution in [-0.2, 0) is 23.9 Å². The lowest BCUT2D eigenvalue weighted by molar-refractivity contribution is -0.137. The lowest BCUT2D eigenvalue weighted by Crippen LogP contribution is -2.24. The molecule has 130 valence electrons. The first-order valence-electron chi connectivity index (χ1n) is 7.21. The number of carbonyl (C=O) groups is 1. The van der Waals surface area contributed by atoms with Crippen molar-refractivity contribution < 1.29 is 22.5 Å². The normalized spacial score (nSPS) is 11.5. The van der Waals surface area contributed by atoms with E-state index in [0.717, 1.165) is 17.0 Å². The van der Waals surface area contributed by atoms with Gasteiger partial charge in [-0.1, -0.05) is 23.4 Å². The van der Waals surface area contributed by atoms with Crippen molar-refractivity contribution in [3.8, 4) is 10.7 Å². The van der Waals surface area contributed by atoms with Crippen LogP contribution in [0.15, 0.2) is 46.3 Å². The number of nitrogens with one attached hydrogen (secondary N) is 1. The zero-order valence-electron chi connectivity index (χ0n) is 12.7. The summed E-state index contributed by atoms with van der Waals surface area (Å²) < 4.78 is 42.5. The van der Waals surface area contributed by atoms with Crippen LogP contribution in [0.25, 0.3) is 10.7 Å². The maximum atomic E-state index is 12.5. The number of nitrogens with zero attached hydrogens (tertiary/aromatic N) is 2. The Bertz CT molecular complexity index is 842. The third-order valence-corrected chi connectivity index (χ3v) is 4.16. The molecule has 3 aromatic rings. The van der Waals surface area contributed by atoms with E-state index < -0.39 is 11.7 Å². The smallest absolute Gasteiger partial charge is 0.352 e. The molecule has 0 unspecified atom stereocenters. The number of hydrogen-bond donors (Lipinski definition) is 1. The van der Waals surface area contributed by atoms with Crippen LogP contribution in [0.4, 0.5) is 13.2 Å². The van der Waals surface area contributed by atoms with Gasteiger partial charge in [-0.15, -0.1) is 11.3 Å². The molecule has 0 saturated carbocycles. The Labute approximate surface area is 144 Å². The molecule has 0 spiro atoms. The van der Waals surface area contributed by atoms with Crippen LogP contribution in [0.3, 0.4) is 0 Å². The number of halogens is 3. The fourth-order valence-corrected chi connectivity index (χ4v) is 2.69. The number of amides is 1. The number of alkyl halides is 3. The SMILES string of the molecule is O=C(Cc1nc(-c2cccs2)no1)NCc1ccc(C(F)(F)F)cc1. The van der Waals surface area contributed by atoms with E-state index in [1.807, 2.05) is 17.5 Å². The molecule has 0 aliphatic rings. The quantitative estimate of drug-likeness (QED) is 0.747. The molecule has 2 aromatic heterocycles. The molecule has 1 aromatic carbocycles. The minimum Gasteiger partial charge on any atom is -0.352 e. The Morgan fingerprint density at radius 3 is 2.60 bits per heavy atom. The van der Waals surface area contributed by atoms with Crippen molar-refractivity contribution in [3.63, 3.8) is 0 Å². The van der Waals surface area contributed by atoms with Crippen LogP contribution in [0, 0.1) is 0 Å². The molecule has 0 atom stereocenters. The van der Waals surface area contributed by atoms with E-state index in [0.29, 0.717) is 11.4 Å². The average molecular weight is 367 g/mol. The number of carbonyl (C=O) groups excluding carboxylic acids is 1. The van der Waals surface area contributed by atoms with E-state index in [2.05, 4.69) is 15.5 Å². The van der Waals surface area contributed by atoms with E-state index in [1.165, 1.54) is 23.5 Å². The predicted molar refractivity (Wildman–Crippen MR) is 84.6 cm³/mol. The molecule has 0 aliphatic carbocycles. The molecule has 25 heavy (non-hydrogen) atoms. The van der Waals surface area contributed by atoms with Crippen LogP contribution in [0.5, 0.6) is 0 Å². The van der Waals surface area contributed by atoms with Gasteiger partial charge in [-0.25, -0.2) is 0 Å². The molecular formula is C16H12F3N3O2S. The van der Waals surface area contributed by atoms with Gasteiger partial charge in [0.2, 0.25) is 17.6 Å². The van der Waals surface area contributed by atoms with Crippen molar-refractivity contribution in [2.24, 2.45) is 0 Å². The first kappa shape index (κ1) is 17.2. The van der Waals surface area contributed by atoms with Crippen LogP contribution < -0.4 is 5.32 Å². The second-order valence-corrected chi connectivity index (χ2v) is 6.08. The molecule has 2 heterocycles. The Kier molecular flexibility index (Phi) is 4.84. The standard InChI is InChI=1S/C16H12F3N3O2S/c17-16(18,19)11-5-3-10(4-6-11)9-20-13(23)8-14-21-15(22-24-14)12-2-1-7-25-12/h1-7H,8-9H2,(H,20,23). The zero-order chi connectivity index (χ0) is 17.9. The summed E-state index contributed by atoms with van der Waals surface area (Å²) in [5, 5.41) is 8.28. The summed E-state index contributed by atoms with van der Waals surface area (Å²) >= 11 is 1.45. The van der Waals surface area contributed by atoms with Gasteiger partial charge in [-0.2, -0.15) is 18.2 Å². The Balaban J connectivity index is 1.53. The van der Waals surface area contributed by atoms with Gasteiger partial charge in [0.25, 0.3) is 0 Å². The number of rotatable bonds is 5. The lowest BCUT2D eigenvalue weighted by Gasteiger charge is -2.08. The Morgan fingerprint density at radius 1 is 1.20 bits per heavy atom. The summed E-state index contributed by atoms with van der Waals surface area (Å²) in [6.45, 7) is 0.114. The average Bonchev–Trinajstić information content (AvgIpc) is 3.23. The molecule has 0 radical (unpaired) electrons. The van der Waals surface area contributed by atoms with Crippen molar-refractivity contribution in [3.05, 3.63) is 58.8 Å². The number of aromatic nitrogens is 2. The largest absolute Gasteiger partial charge is 0.416 e. The van der Waals surface area contributed by atoms with Gasteiger partial charge in [0.05, 0.1) is 10.4 Å². The summed E-state index contributed by atoms with van der Waals surface area (Å²) in [4.78, 5) is 16.9. The molecule has 1 amide bonds. The van der Waals surface area contributed by atoms with E-state index in [-0.39, 0.29) is 24.8 Å². The van der Waals surface area contributed by atoms with Gasteiger partial charge < -0.3 is 9.84 Å². The molecule has 0 fully saturated rings. The molecule has 5 nitrogen and oxygen atoms in total. The topological polar surface area (TPSA) is 68.0 Å². The molecule has 3 rings (SSSR count). The number of hydrogen-bond acceptors (Lipinski definition) is 5. The molecule has 0 bridgehead atoms. The van der Waals surface area contributed by atoms with Gasteiger partial charge in [0, 0.05) is 6.54 Å². The monoisotopic (exact) mass is 367 g/mol. The minimum atomic E-state index is -4.37. The van der Waals surface area contributed by atoms with Gasteiger partial charge in [-0.3, -0.25) is 4.79 Å². The van der Waals surface area contributed by atoms with E-state index >= 15 is 0 Å². The third-order valence-electron chi connectivity index (χ3n) is 3.29. The molecule has 1 N–H and O–H groups in total. The second kappa shape index (κ2) is 7.06. The van der Waals surface area contributed by atoms with Crippen molar-refractivity contribution in [2.45, 2.75) is 19.1 Å². The van der Waals surface area contributed by atoms with Crippen LogP contribution in [-0.4, -0.2) is 16.0 Å². The Hall–Kier alpha value is -2.68. The lowest BCUT2D eigenvalue weighted by atomic mass is 10.1. The maximum absolute atomic E-state index is 12.5. The predicted octanol–water partition coefficient (Wildman–Crippen LogP) is 3.68. The summed E-state index contributed by atoms with van der Waals surface area (Å²) in [5.41, 5.74) is -0.166. The summed E-state index contributed by atoms with van der Waals surface area (Å²) in [5.74, 6) is 0.232. The van der Waals surface area contributed by atoms with Crippen molar-refractivity contribution in [1.29, 1.82) is 0 Å². The van der Waals surface area contributed by atoms with Crippen molar-refractivity contribution in [2.75, 3.05) is 0 Å². The summed E-state index contributed by atoms with van der Waals surface area (Å²) in [7, 11) is 0. The van der Waals surface area contributed by atoms with Gasteiger partial charge in [0.1, 0.15) is 6.42 Å². The van der Waals surface area contributed by atoms with E-state index in [9.17, 15) is 18.0 Å². The number of benzene rings is 1. The minimum absolute atomic E-state index is 0.0982. The fourth-order valence-electron chi connectivity index (χ4n) is 2.04. The van der Waals surface area contributed by atoms with E-state index in [4.69, 9.17) is 4.52 Å². The molecular weight excluding hydrogens is 355 g/mol. The highest BCUT2D eigenvalue weighted by molar-refractivity contribution is 7.13. The zero-order valence-corrected chi connectivity index (χ0v) is 13.5. The maximum Gasteiger partial charge on any atom is 0.416 e. The second-order valence-electron chi connectivity index (χ2n) is 5.14. The van der Waals surface area contributed by atoms with Crippen molar-refractivity contribution >= 4 is 17.2 Å². The number of thiophene rings is 1. The first-order valence-corrected chi connectivity index (χ1v) is 8.09.